The minimum Gasteiger partial charge on any atom is -0.493 e. The summed E-state index contributed by atoms with van der Waals surface area (Å²) in [7, 11) is -0.599. The van der Waals surface area contributed by atoms with Crippen molar-refractivity contribution in [2.45, 2.75) is 18.4 Å². The summed E-state index contributed by atoms with van der Waals surface area (Å²) in [6.45, 7) is 2.58. The zero-order valence-electron chi connectivity index (χ0n) is 14.4. The van der Waals surface area contributed by atoms with Crippen LogP contribution in [0, 0.1) is 11.3 Å². The Hall–Kier alpha value is -2.56. The second-order valence-electron chi connectivity index (χ2n) is 5.32. The van der Waals surface area contributed by atoms with Crippen molar-refractivity contribution in [2.24, 2.45) is 0 Å². The van der Waals surface area contributed by atoms with E-state index in [1.807, 2.05) is 13.0 Å². The maximum absolute atomic E-state index is 12.6. The minimum atomic E-state index is -3.65. The molecule has 0 aromatic heterocycles. The van der Waals surface area contributed by atoms with Crippen LogP contribution in [0.2, 0.25) is 0 Å². The summed E-state index contributed by atoms with van der Waals surface area (Å²) >= 11 is 0. The number of hydrogen-bond acceptors (Lipinski definition) is 5. The predicted octanol–water partition coefficient (Wildman–Crippen LogP) is 2.79. The Bertz CT molecular complexity index is 871. The molecule has 0 heterocycles. The molecule has 0 spiro atoms. The molecule has 0 amide bonds. The maximum atomic E-state index is 12.6. The molecule has 2 aromatic rings. The third-order valence-corrected chi connectivity index (χ3v) is 5.44. The summed E-state index contributed by atoms with van der Waals surface area (Å²) in [5.74, 6) is 1.18. The number of hydrogen-bond donors (Lipinski definition) is 0. The van der Waals surface area contributed by atoms with E-state index in [1.165, 1.54) is 35.6 Å². The van der Waals surface area contributed by atoms with Crippen LogP contribution in [0.5, 0.6) is 11.5 Å². The van der Waals surface area contributed by atoms with Crippen LogP contribution in [0.15, 0.2) is 47.4 Å². The summed E-state index contributed by atoms with van der Waals surface area (Å²) in [4.78, 5) is 0.145. The van der Waals surface area contributed by atoms with Crippen LogP contribution in [-0.2, 0) is 16.6 Å². The van der Waals surface area contributed by atoms with Crippen LogP contribution < -0.4 is 9.47 Å². The molecule has 0 saturated carbocycles. The van der Waals surface area contributed by atoms with E-state index in [0.29, 0.717) is 23.7 Å². The molecule has 0 saturated heterocycles. The molecule has 0 N–H and O–H groups in total. The van der Waals surface area contributed by atoms with E-state index in [-0.39, 0.29) is 11.4 Å². The highest BCUT2D eigenvalue weighted by molar-refractivity contribution is 7.89. The Balaban J connectivity index is 2.22. The Morgan fingerprint density at radius 1 is 1.12 bits per heavy atom. The van der Waals surface area contributed by atoms with E-state index in [1.54, 1.807) is 25.3 Å². The molecule has 0 bridgehead atoms. The molecule has 132 valence electrons. The van der Waals surface area contributed by atoms with E-state index < -0.39 is 10.0 Å². The van der Waals surface area contributed by atoms with Crippen molar-refractivity contribution < 1.29 is 17.9 Å². The van der Waals surface area contributed by atoms with Gasteiger partial charge in [0.15, 0.2) is 11.5 Å². The molecule has 6 nitrogen and oxygen atoms in total. The lowest BCUT2D eigenvalue weighted by molar-refractivity contribution is 0.310. The molecule has 0 atom stereocenters. The zero-order valence-corrected chi connectivity index (χ0v) is 15.2. The van der Waals surface area contributed by atoms with Crippen LogP contribution in [0.25, 0.3) is 0 Å². The van der Waals surface area contributed by atoms with Gasteiger partial charge in [0.05, 0.1) is 30.2 Å². The summed E-state index contributed by atoms with van der Waals surface area (Å²) in [5.41, 5.74) is 1.19. The second-order valence-corrected chi connectivity index (χ2v) is 7.36. The van der Waals surface area contributed by atoms with Gasteiger partial charge in [-0.15, -0.1) is 0 Å². The highest BCUT2D eigenvalue weighted by Crippen LogP contribution is 2.29. The smallest absolute Gasteiger partial charge is 0.243 e. The summed E-state index contributed by atoms with van der Waals surface area (Å²) in [6.07, 6.45) is 0. The molecule has 0 radical (unpaired) electrons. The monoisotopic (exact) mass is 360 g/mol. The molecule has 2 aromatic carbocycles. The van der Waals surface area contributed by atoms with Gasteiger partial charge in [0.2, 0.25) is 10.0 Å². The highest BCUT2D eigenvalue weighted by atomic mass is 32.2. The van der Waals surface area contributed by atoms with Crippen LogP contribution in [-0.4, -0.2) is 33.5 Å². The van der Waals surface area contributed by atoms with Gasteiger partial charge in [-0.25, -0.2) is 8.42 Å². The molecule has 25 heavy (non-hydrogen) atoms. The SMILES string of the molecule is CCOc1ccc(CN(C)S(=O)(=O)c2ccc(C#N)cc2)cc1OC. The largest absolute Gasteiger partial charge is 0.493 e. The minimum absolute atomic E-state index is 0.145. The van der Waals surface area contributed by atoms with Gasteiger partial charge in [-0.2, -0.15) is 9.57 Å². The highest BCUT2D eigenvalue weighted by Gasteiger charge is 2.21. The van der Waals surface area contributed by atoms with Crippen LogP contribution in [0.4, 0.5) is 0 Å². The number of methoxy groups -OCH3 is 1. The van der Waals surface area contributed by atoms with Crippen molar-refractivity contribution in [2.75, 3.05) is 20.8 Å². The normalized spacial score (nSPS) is 11.2. The summed E-state index contributed by atoms with van der Waals surface area (Å²) in [5, 5.41) is 8.81. The first-order valence-electron chi connectivity index (χ1n) is 7.68. The topological polar surface area (TPSA) is 79.6 Å². The average Bonchev–Trinajstić information content (AvgIpc) is 2.63. The standard InChI is InChI=1S/C18H20N2O4S/c1-4-24-17-10-7-15(11-18(17)23-3)13-20(2)25(21,22)16-8-5-14(12-19)6-9-16/h5-11H,4,13H2,1-3H3. The lowest BCUT2D eigenvalue weighted by Gasteiger charge is -2.18. The Morgan fingerprint density at radius 2 is 1.80 bits per heavy atom. The van der Waals surface area contributed by atoms with Crippen molar-refractivity contribution in [1.82, 2.24) is 4.31 Å². The lowest BCUT2D eigenvalue weighted by Crippen LogP contribution is -2.26. The number of benzene rings is 2. The molecule has 7 heteroatoms. The predicted molar refractivity (Wildman–Crippen MR) is 94.0 cm³/mol. The first-order valence-corrected chi connectivity index (χ1v) is 9.12. The number of nitriles is 1. The van der Waals surface area contributed by atoms with Crippen LogP contribution in [0.3, 0.4) is 0 Å². The molecular weight excluding hydrogens is 340 g/mol. The quantitative estimate of drug-likeness (QED) is 0.758. The molecule has 0 aliphatic rings. The fraction of sp³-hybridized carbons (Fsp3) is 0.278. The van der Waals surface area contributed by atoms with Crippen molar-refractivity contribution >= 4 is 10.0 Å². The van der Waals surface area contributed by atoms with E-state index >= 15 is 0 Å². The first kappa shape index (κ1) is 18.8. The number of sulfonamides is 1. The second kappa shape index (κ2) is 8.01. The molecule has 0 fully saturated rings. The third-order valence-electron chi connectivity index (χ3n) is 3.62. The van der Waals surface area contributed by atoms with Gasteiger partial charge in [0, 0.05) is 13.6 Å². The van der Waals surface area contributed by atoms with Gasteiger partial charge in [0.1, 0.15) is 0 Å². The fourth-order valence-corrected chi connectivity index (χ4v) is 3.47. The van der Waals surface area contributed by atoms with Crippen molar-refractivity contribution in [3.8, 4) is 17.6 Å². The van der Waals surface area contributed by atoms with Gasteiger partial charge >= 0.3 is 0 Å². The van der Waals surface area contributed by atoms with E-state index in [4.69, 9.17) is 14.7 Å². The van der Waals surface area contributed by atoms with Crippen molar-refractivity contribution in [1.29, 1.82) is 5.26 Å². The van der Waals surface area contributed by atoms with Gasteiger partial charge in [0.25, 0.3) is 0 Å². The average molecular weight is 360 g/mol. The summed E-state index contributed by atoms with van der Waals surface area (Å²) < 4.78 is 37.3. The lowest BCUT2D eigenvalue weighted by atomic mass is 10.2. The van der Waals surface area contributed by atoms with E-state index in [9.17, 15) is 8.42 Å². The summed E-state index contributed by atoms with van der Waals surface area (Å²) in [6, 6.07) is 13.1. The van der Waals surface area contributed by atoms with Crippen LogP contribution in [0.1, 0.15) is 18.1 Å². The van der Waals surface area contributed by atoms with Gasteiger partial charge in [-0.1, -0.05) is 6.07 Å². The maximum Gasteiger partial charge on any atom is 0.243 e. The third kappa shape index (κ3) is 4.29. The van der Waals surface area contributed by atoms with Gasteiger partial charge in [-0.05, 0) is 48.9 Å². The Kier molecular flexibility index (Phi) is 6.02. The number of nitrogens with zero attached hydrogens (tertiary/aromatic N) is 2. The Labute approximate surface area is 148 Å². The van der Waals surface area contributed by atoms with Crippen LogP contribution >= 0.6 is 0 Å². The van der Waals surface area contributed by atoms with E-state index in [0.717, 1.165) is 5.56 Å². The molecule has 2 rings (SSSR count). The van der Waals surface area contributed by atoms with Crippen molar-refractivity contribution in [3.63, 3.8) is 0 Å². The molecular formula is C18H20N2O4S. The fourth-order valence-electron chi connectivity index (χ4n) is 2.31. The van der Waals surface area contributed by atoms with Gasteiger partial charge in [-0.3, -0.25) is 0 Å². The Morgan fingerprint density at radius 3 is 2.36 bits per heavy atom. The molecule has 0 aliphatic heterocycles. The van der Waals surface area contributed by atoms with Gasteiger partial charge < -0.3 is 9.47 Å². The molecule has 0 unspecified atom stereocenters. The first-order chi connectivity index (χ1) is 11.9. The van der Waals surface area contributed by atoms with Crippen molar-refractivity contribution in [3.05, 3.63) is 53.6 Å². The molecule has 0 aliphatic carbocycles. The van der Waals surface area contributed by atoms with E-state index in [2.05, 4.69) is 0 Å². The number of ether oxygens (including phenoxy) is 2. The number of rotatable bonds is 7. The zero-order chi connectivity index (χ0) is 18.4.